The SMILES string of the molecule is CC(C)(C)OC(=O)C(CCc1ccccc1)N=O. The van der Waals surface area contributed by atoms with E-state index in [-0.39, 0.29) is 0 Å². The zero-order valence-electron chi connectivity index (χ0n) is 11.1. The van der Waals surface area contributed by atoms with Crippen LogP contribution in [0.25, 0.3) is 0 Å². The number of aryl methyl sites for hydroxylation is 1. The smallest absolute Gasteiger partial charge is 0.335 e. The maximum Gasteiger partial charge on any atom is 0.335 e. The third-order valence-corrected chi connectivity index (χ3v) is 2.36. The third kappa shape index (κ3) is 5.08. The molecule has 0 spiro atoms. The van der Waals surface area contributed by atoms with Crippen molar-refractivity contribution >= 4 is 5.97 Å². The molecule has 0 heterocycles. The normalized spacial score (nSPS) is 12.8. The number of carbonyl (C=O) groups excluding carboxylic acids is 1. The van der Waals surface area contributed by atoms with Crippen LogP contribution in [-0.4, -0.2) is 17.6 Å². The van der Waals surface area contributed by atoms with Gasteiger partial charge < -0.3 is 4.74 Å². The first kappa shape index (κ1) is 14.4. The highest BCUT2D eigenvalue weighted by molar-refractivity contribution is 5.76. The lowest BCUT2D eigenvalue weighted by molar-refractivity contribution is -0.156. The number of hydrogen-bond acceptors (Lipinski definition) is 4. The molecule has 1 aromatic rings. The molecule has 0 aromatic heterocycles. The minimum atomic E-state index is -0.926. The van der Waals surface area contributed by atoms with Gasteiger partial charge >= 0.3 is 5.97 Å². The summed E-state index contributed by atoms with van der Waals surface area (Å²) >= 11 is 0. The van der Waals surface area contributed by atoms with Crippen molar-refractivity contribution in [2.45, 2.75) is 45.3 Å². The van der Waals surface area contributed by atoms with Crippen molar-refractivity contribution in [1.29, 1.82) is 0 Å². The van der Waals surface area contributed by atoms with Crippen LogP contribution >= 0.6 is 0 Å². The van der Waals surface area contributed by atoms with Crippen molar-refractivity contribution in [3.05, 3.63) is 40.8 Å². The van der Waals surface area contributed by atoms with Gasteiger partial charge in [-0.3, -0.25) is 0 Å². The summed E-state index contributed by atoms with van der Waals surface area (Å²) in [4.78, 5) is 22.4. The van der Waals surface area contributed by atoms with Gasteiger partial charge in [-0.05, 0) is 39.2 Å². The molecule has 98 valence electrons. The molecule has 0 fully saturated rings. The number of hydrogen-bond donors (Lipinski definition) is 0. The molecule has 1 rings (SSSR count). The van der Waals surface area contributed by atoms with Crippen LogP contribution < -0.4 is 0 Å². The summed E-state index contributed by atoms with van der Waals surface area (Å²) in [5.41, 5.74) is 0.488. The van der Waals surface area contributed by atoms with Crippen LogP contribution in [0.4, 0.5) is 0 Å². The third-order valence-electron chi connectivity index (χ3n) is 2.36. The molecule has 0 aliphatic rings. The maximum absolute atomic E-state index is 11.7. The van der Waals surface area contributed by atoms with Gasteiger partial charge in [0.15, 0.2) is 6.04 Å². The van der Waals surface area contributed by atoms with Crippen molar-refractivity contribution in [3.63, 3.8) is 0 Å². The molecule has 0 saturated carbocycles. The average Bonchev–Trinajstić information content (AvgIpc) is 2.29. The molecule has 4 heteroatoms. The number of nitroso groups, excluding NO2 is 1. The number of rotatable bonds is 5. The summed E-state index contributed by atoms with van der Waals surface area (Å²) in [7, 11) is 0. The van der Waals surface area contributed by atoms with E-state index < -0.39 is 17.6 Å². The van der Waals surface area contributed by atoms with Crippen molar-refractivity contribution in [1.82, 2.24) is 0 Å². The van der Waals surface area contributed by atoms with Crippen molar-refractivity contribution in [3.8, 4) is 0 Å². The quantitative estimate of drug-likeness (QED) is 0.595. The second kappa shape index (κ2) is 6.28. The molecule has 0 saturated heterocycles. The van der Waals surface area contributed by atoms with Gasteiger partial charge in [0, 0.05) is 0 Å². The molecular formula is C14H19NO3. The summed E-state index contributed by atoms with van der Waals surface area (Å²) in [6.45, 7) is 5.30. The molecule has 0 aliphatic carbocycles. The molecule has 1 atom stereocenters. The first-order chi connectivity index (χ1) is 8.42. The fraction of sp³-hybridized carbons (Fsp3) is 0.500. The van der Waals surface area contributed by atoms with Gasteiger partial charge in [-0.2, -0.15) is 0 Å². The lowest BCUT2D eigenvalue weighted by Crippen LogP contribution is -2.31. The lowest BCUT2D eigenvalue weighted by Gasteiger charge is -2.21. The molecule has 0 amide bonds. The Labute approximate surface area is 107 Å². The van der Waals surface area contributed by atoms with E-state index in [2.05, 4.69) is 5.18 Å². The first-order valence-electron chi connectivity index (χ1n) is 6.01. The molecule has 18 heavy (non-hydrogen) atoms. The highest BCUT2D eigenvalue weighted by Crippen LogP contribution is 2.13. The Morgan fingerprint density at radius 3 is 2.39 bits per heavy atom. The zero-order chi connectivity index (χ0) is 13.6. The van der Waals surface area contributed by atoms with Gasteiger partial charge in [-0.1, -0.05) is 35.5 Å². The Balaban J connectivity index is 2.52. The molecule has 4 nitrogen and oxygen atoms in total. The minimum Gasteiger partial charge on any atom is -0.458 e. The van der Waals surface area contributed by atoms with Crippen molar-refractivity contribution in [2.75, 3.05) is 0 Å². The van der Waals surface area contributed by atoms with Crippen LogP contribution in [0.2, 0.25) is 0 Å². The van der Waals surface area contributed by atoms with Gasteiger partial charge in [0.2, 0.25) is 0 Å². The monoisotopic (exact) mass is 249 g/mol. The van der Waals surface area contributed by atoms with E-state index in [1.807, 2.05) is 30.3 Å². The van der Waals surface area contributed by atoms with Crippen molar-refractivity contribution in [2.24, 2.45) is 5.18 Å². The van der Waals surface area contributed by atoms with Crippen LogP contribution in [0.5, 0.6) is 0 Å². The standard InChI is InChI=1S/C14H19NO3/c1-14(2,3)18-13(16)12(15-17)10-9-11-7-5-4-6-8-11/h4-8,12H,9-10H2,1-3H3. The molecule has 0 bridgehead atoms. The largest absolute Gasteiger partial charge is 0.458 e. The van der Waals surface area contributed by atoms with Crippen LogP contribution in [-0.2, 0) is 16.0 Å². The van der Waals surface area contributed by atoms with Crippen LogP contribution in [0.15, 0.2) is 35.5 Å². The Morgan fingerprint density at radius 1 is 1.28 bits per heavy atom. The number of benzene rings is 1. The second-order valence-corrected chi connectivity index (χ2v) is 5.18. The Bertz CT molecular complexity index is 395. The van der Waals surface area contributed by atoms with Crippen LogP contribution in [0.1, 0.15) is 32.8 Å². The predicted octanol–water partition coefficient (Wildman–Crippen LogP) is 3.10. The van der Waals surface area contributed by atoms with E-state index in [0.29, 0.717) is 12.8 Å². The van der Waals surface area contributed by atoms with E-state index >= 15 is 0 Å². The number of esters is 1. The first-order valence-corrected chi connectivity index (χ1v) is 6.01. The highest BCUT2D eigenvalue weighted by atomic mass is 16.6. The topological polar surface area (TPSA) is 55.7 Å². The summed E-state index contributed by atoms with van der Waals surface area (Å²) in [5.74, 6) is -0.548. The van der Waals surface area contributed by atoms with Crippen LogP contribution in [0, 0.1) is 4.91 Å². The summed E-state index contributed by atoms with van der Waals surface area (Å²) in [6.07, 6.45) is 1.01. The van der Waals surface area contributed by atoms with E-state index in [9.17, 15) is 9.70 Å². The van der Waals surface area contributed by atoms with Gasteiger partial charge in [0.05, 0.1) is 0 Å². The lowest BCUT2D eigenvalue weighted by atomic mass is 10.1. The Hall–Kier alpha value is -1.71. The van der Waals surface area contributed by atoms with E-state index in [0.717, 1.165) is 5.56 Å². The summed E-state index contributed by atoms with van der Waals surface area (Å²) in [6, 6.07) is 8.75. The van der Waals surface area contributed by atoms with Gasteiger partial charge in [-0.25, -0.2) is 4.79 Å². The number of carbonyl (C=O) groups is 1. The van der Waals surface area contributed by atoms with E-state index in [4.69, 9.17) is 4.74 Å². The highest BCUT2D eigenvalue weighted by Gasteiger charge is 2.25. The van der Waals surface area contributed by atoms with Crippen molar-refractivity contribution < 1.29 is 9.53 Å². The summed E-state index contributed by atoms with van der Waals surface area (Å²) < 4.78 is 5.15. The van der Waals surface area contributed by atoms with Crippen LogP contribution in [0.3, 0.4) is 0 Å². The fourth-order valence-electron chi connectivity index (χ4n) is 1.53. The molecule has 0 aliphatic heterocycles. The molecule has 0 radical (unpaired) electrons. The molecule has 1 unspecified atom stereocenters. The summed E-state index contributed by atoms with van der Waals surface area (Å²) in [5, 5.41) is 2.86. The molecular weight excluding hydrogens is 230 g/mol. The second-order valence-electron chi connectivity index (χ2n) is 5.18. The average molecular weight is 249 g/mol. The maximum atomic E-state index is 11.7. The minimum absolute atomic E-state index is 0.377. The number of nitrogens with zero attached hydrogens (tertiary/aromatic N) is 1. The molecule has 0 N–H and O–H groups in total. The molecule has 1 aromatic carbocycles. The predicted molar refractivity (Wildman–Crippen MR) is 70.2 cm³/mol. The Kier molecular flexibility index (Phi) is 5.01. The van der Waals surface area contributed by atoms with Gasteiger partial charge in [0.25, 0.3) is 0 Å². The van der Waals surface area contributed by atoms with E-state index in [1.54, 1.807) is 20.8 Å². The Morgan fingerprint density at radius 2 is 1.89 bits per heavy atom. The number of ether oxygens (including phenoxy) is 1. The zero-order valence-corrected chi connectivity index (χ0v) is 11.1. The fourth-order valence-corrected chi connectivity index (χ4v) is 1.53. The van der Waals surface area contributed by atoms with Gasteiger partial charge in [0.1, 0.15) is 5.60 Å². The van der Waals surface area contributed by atoms with Gasteiger partial charge in [-0.15, -0.1) is 4.91 Å². The van der Waals surface area contributed by atoms with E-state index in [1.165, 1.54) is 0 Å².